The van der Waals surface area contributed by atoms with Crippen molar-refractivity contribution in [1.29, 1.82) is 0 Å². The van der Waals surface area contributed by atoms with E-state index < -0.39 is 0 Å². The number of rotatable bonds is 5. The highest BCUT2D eigenvalue weighted by atomic mass is 35.5. The summed E-state index contributed by atoms with van der Waals surface area (Å²) in [4.78, 5) is 14.3. The number of halogens is 1. The third kappa shape index (κ3) is 4.81. The normalized spacial score (nSPS) is 15.7. The SMILES string of the molecule is Cc1cc(C)c(C(=O)NCCCN2CCNCC2)o1.Cl. The Morgan fingerprint density at radius 1 is 1.40 bits per heavy atom. The highest BCUT2D eigenvalue weighted by Crippen LogP contribution is 2.13. The van der Waals surface area contributed by atoms with E-state index in [1.165, 1.54) is 0 Å². The van der Waals surface area contributed by atoms with Crippen molar-refractivity contribution in [3.8, 4) is 0 Å². The Morgan fingerprint density at radius 2 is 2.10 bits per heavy atom. The molecule has 2 rings (SSSR count). The monoisotopic (exact) mass is 301 g/mol. The molecule has 1 aliphatic heterocycles. The van der Waals surface area contributed by atoms with Crippen LogP contribution in [0.15, 0.2) is 10.5 Å². The van der Waals surface area contributed by atoms with E-state index >= 15 is 0 Å². The molecule has 0 atom stereocenters. The fourth-order valence-corrected chi connectivity index (χ4v) is 2.39. The Kier molecular flexibility index (Phi) is 7.05. The molecule has 1 amide bonds. The molecule has 0 unspecified atom stereocenters. The van der Waals surface area contributed by atoms with Gasteiger partial charge in [0.1, 0.15) is 5.76 Å². The van der Waals surface area contributed by atoms with Gasteiger partial charge in [-0.2, -0.15) is 0 Å². The molecule has 0 aliphatic carbocycles. The molecule has 0 saturated carbocycles. The van der Waals surface area contributed by atoms with Crippen molar-refractivity contribution in [1.82, 2.24) is 15.5 Å². The van der Waals surface area contributed by atoms with Crippen molar-refractivity contribution in [2.24, 2.45) is 0 Å². The minimum atomic E-state index is -0.106. The Bertz CT molecular complexity index is 428. The number of nitrogens with one attached hydrogen (secondary N) is 2. The van der Waals surface area contributed by atoms with Crippen LogP contribution in [-0.2, 0) is 0 Å². The second kappa shape index (κ2) is 8.29. The Balaban J connectivity index is 0.00000200. The van der Waals surface area contributed by atoms with Gasteiger partial charge in [-0.05, 0) is 32.9 Å². The molecular weight excluding hydrogens is 278 g/mol. The molecule has 1 aromatic rings. The lowest BCUT2D eigenvalue weighted by molar-refractivity contribution is 0.0921. The maximum absolute atomic E-state index is 11.9. The largest absolute Gasteiger partial charge is 0.456 e. The zero-order chi connectivity index (χ0) is 13.7. The summed E-state index contributed by atoms with van der Waals surface area (Å²) in [7, 11) is 0. The second-order valence-corrected chi connectivity index (χ2v) is 5.07. The zero-order valence-electron chi connectivity index (χ0n) is 12.2. The smallest absolute Gasteiger partial charge is 0.287 e. The van der Waals surface area contributed by atoms with Gasteiger partial charge >= 0.3 is 0 Å². The van der Waals surface area contributed by atoms with Crippen LogP contribution < -0.4 is 10.6 Å². The highest BCUT2D eigenvalue weighted by molar-refractivity contribution is 5.92. The molecule has 1 saturated heterocycles. The van der Waals surface area contributed by atoms with Gasteiger partial charge in [-0.3, -0.25) is 4.79 Å². The van der Waals surface area contributed by atoms with Crippen molar-refractivity contribution < 1.29 is 9.21 Å². The first-order valence-corrected chi connectivity index (χ1v) is 6.95. The summed E-state index contributed by atoms with van der Waals surface area (Å²) in [5.41, 5.74) is 0.900. The molecule has 0 spiro atoms. The molecule has 0 bridgehead atoms. The number of aryl methyl sites for hydroxylation is 2. The van der Waals surface area contributed by atoms with Gasteiger partial charge in [0.15, 0.2) is 5.76 Å². The van der Waals surface area contributed by atoms with E-state index in [1.54, 1.807) is 0 Å². The Morgan fingerprint density at radius 3 is 2.70 bits per heavy atom. The van der Waals surface area contributed by atoms with E-state index in [-0.39, 0.29) is 18.3 Å². The van der Waals surface area contributed by atoms with Gasteiger partial charge in [0.25, 0.3) is 5.91 Å². The van der Waals surface area contributed by atoms with Crippen molar-refractivity contribution in [3.05, 3.63) is 23.2 Å². The summed E-state index contributed by atoms with van der Waals surface area (Å²) < 4.78 is 5.39. The summed E-state index contributed by atoms with van der Waals surface area (Å²) in [5, 5.41) is 6.25. The van der Waals surface area contributed by atoms with Crippen LogP contribution in [-0.4, -0.2) is 50.1 Å². The predicted molar refractivity (Wildman–Crippen MR) is 81.7 cm³/mol. The quantitative estimate of drug-likeness (QED) is 0.806. The lowest BCUT2D eigenvalue weighted by atomic mass is 10.2. The van der Waals surface area contributed by atoms with Crippen molar-refractivity contribution in [3.63, 3.8) is 0 Å². The molecule has 1 fully saturated rings. The second-order valence-electron chi connectivity index (χ2n) is 5.07. The summed E-state index contributed by atoms with van der Waals surface area (Å²) in [6.45, 7) is 9.82. The van der Waals surface area contributed by atoms with E-state index in [2.05, 4.69) is 15.5 Å². The maximum atomic E-state index is 11.9. The number of furan rings is 1. The van der Waals surface area contributed by atoms with Gasteiger partial charge in [0.05, 0.1) is 0 Å². The molecular formula is C14H24ClN3O2. The molecule has 6 heteroatoms. The summed E-state index contributed by atoms with van der Waals surface area (Å²) in [5.74, 6) is 1.12. The molecule has 2 heterocycles. The van der Waals surface area contributed by atoms with Gasteiger partial charge in [-0.1, -0.05) is 0 Å². The van der Waals surface area contributed by atoms with Crippen LogP contribution in [0, 0.1) is 13.8 Å². The average molecular weight is 302 g/mol. The van der Waals surface area contributed by atoms with Crippen molar-refractivity contribution >= 4 is 18.3 Å². The van der Waals surface area contributed by atoms with Crippen LogP contribution in [0.1, 0.15) is 28.3 Å². The predicted octanol–water partition coefficient (Wildman–Crippen LogP) is 1.34. The van der Waals surface area contributed by atoms with E-state index in [0.717, 1.165) is 50.5 Å². The number of nitrogens with zero attached hydrogens (tertiary/aromatic N) is 1. The topological polar surface area (TPSA) is 57.5 Å². The number of piperazine rings is 1. The van der Waals surface area contributed by atoms with Crippen LogP contribution in [0.25, 0.3) is 0 Å². The lowest BCUT2D eigenvalue weighted by Crippen LogP contribution is -2.44. The summed E-state index contributed by atoms with van der Waals surface area (Å²) >= 11 is 0. The fourth-order valence-electron chi connectivity index (χ4n) is 2.39. The minimum Gasteiger partial charge on any atom is -0.456 e. The van der Waals surface area contributed by atoms with Crippen molar-refractivity contribution in [2.45, 2.75) is 20.3 Å². The molecule has 2 N–H and O–H groups in total. The number of carbonyl (C=O) groups is 1. The fraction of sp³-hybridized carbons (Fsp3) is 0.643. The average Bonchev–Trinajstić information content (AvgIpc) is 2.75. The first-order valence-electron chi connectivity index (χ1n) is 6.95. The molecule has 114 valence electrons. The first-order chi connectivity index (χ1) is 9.16. The van der Waals surface area contributed by atoms with Crippen LogP contribution >= 0.6 is 12.4 Å². The Labute approximate surface area is 126 Å². The Hall–Kier alpha value is -1.04. The summed E-state index contributed by atoms with van der Waals surface area (Å²) in [6, 6.07) is 1.88. The molecule has 0 aromatic carbocycles. The standard InChI is InChI=1S/C14H23N3O2.ClH/c1-11-10-12(2)19-13(11)14(18)16-4-3-7-17-8-5-15-6-9-17;/h10,15H,3-9H2,1-2H3,(H,16,18);1H. The number of carbonyl (C=O) groups excluding carboxylic acids is 1. The van der Waals surface area contributed by atoms with E-state index in [9.17, 15) is 4.79 Å². The van der Waals surface area contributed by atoms with E-state index in [1.807, 2.05) is 19.9 Å². The molecule has 20 heavy (non-hydrogen) atoms. The highest BCUT2D eigenvalue weighted by Gasteiger charge is 2.14. The molecule has 1 aromatic heterocycles. The van der Waals surface area contributed by atoms with E-state index in [0.29, 0.717) is 12.3 Å². The molecule has 0 radical (unpaired) electrons. The van der Waals surface area contributed by atoms with Gasteiger partial charge in [-0.15, -0.1) is 12.4 Å². The van der Waals surface area contributed by atoms with E-state index in [4.69, 9.17) is 4.42 Å². The molecule has 1 aliphatic rings. The van der Waals surface area contributed by atoms with Gasteiger partial charge in [0, 0.05) is 38.3 Å². The van der Waals surface area contributed by atoms with Crippen LogP contribution in [0.4, 0.5) is 0 Å². The van der Waals surface area contributed by atoms with Gasteiger partial charge in [0.2, 0.25) is 0 Å². The van der Waals surface area contributed by atoms with Gasteiger partial charge < -0.3 is 20.0 Å². The van der Waals surface area contributed by atoms with Crippen molar-refractivity contribution in [2.75, 3.05) is 39.3 Å². The van der Waals surface area contributed by atoms with Gasteiger partial charge in [-0.25, -0.2) is 0 Å². The number of hydrogen-bond donors (Lipinski definition) is 2. The van der Waals surface area contributed by atoms with Crippen LogP contribution in [0.2, 0.25) is 0 Å². The third-order valence-electron chi connectivity index (χ3n) is 3.39. The number of hydrogen-bond acceptors (Lipinski definition) is 4. The lowest BCUT2D eigenvalue weighted by Gasteiger charge is -2.26. The zero-order valence-corrected chi connectivity index (χ0v) is 13.0. The maximum Gasteiger partial charge on any atom is 0.287 e. The number of amides is 1. The molecule has 5 nitrogen and oxygen atoms in total. The van der Waals surface area contributed by atoms with Crippen LogP contribution in [0.3, 0.4) is 0 Å². The first kappa shape index (κ1) is 17.0. The summed E-state index contributed by atoms with van der Waals surface area (Å²) in [6.07, 6.45) is 0.977. The minimum absolute atomic E-state index is 0. The third-order valence-corrected chi connectivity index (χ3v) is 3.39. The van der Waals surface area contributed by atoms with Crippen LogP contribution in [0.5, 0.6) is 0 Å².